The molecule has 0 fully saturated rings. The molecule has 2 heterocycles. The monoisotopic (exact) mass is 323 g/mol. The first-order valence-corrected chi connectivity index (χ1v) is 8.18. The Hall–Kier alpha value is -3.33. The van der Waals surface area contributed by atoms with Gasteiger partial charge in [0.2, 0.25) is 0 Å². The third kappa shape index (κ3) is 2.92. The molecular formula is C22H17N3. The molecule has 3 nitrogen and oxygen atoms in total. The third-order valence-electron chi connectivity index (χ3n) is 4.12. The van der Waals surface area contributed by atoms with Gasteiger partial charge in [-0.1, -0.05) is 55.1 Å². The quantitative estimate of drug-likeness (QED) is 0.513. The molecule has 0 radical (unpaired) electrons. The van der Waals surface area contributed by atoms with Gasteiger partial charge in [0.25, 0.3) is 0 Å². The highest BCUT2D eigenvalue weighted by Gasteiger charge is 2.12. The van der Waals surface area contributed by atoms with Crippen LogP contribution in [0.1, 0.15) is 11.3 Å². The fourth-order valence-electron chi connectivity index (χ4n) is 2.89. The van der Waals surface area contributed by atoms with Crippen LogP contribution in [0.2, 0.25) is 0 Å². The van der Waals surface area contributed by atoms with Crippen molar-refractivity contribution in [2.45, 2.75) is 6.92 Å². The van der Waals surface area contributed by atoms with Crippen LogP contribution < -0.4 is 0 Å². The zero-order chi connectivity index (χ0) is 17.2. The molecule has 2 aromatic carbocycles. The number of fused-ring (bicyclic) bond motifs is 1. The molecule has 0 bridgehead atoms. The number of nitrogens with zero attached hydrogens (tertiary/aromatic N) is 3. The average molecular weight is 323 g/mol. The lowest BCUT2D eigenvalue weighted by Gasteiger charge is -2.10. The summed E-state index contributed by atoms with van der Waals surface area (Å²) in [6.07, 6.45) is 1.84. The molecule has 0 amide bonds. The molecule has 0 aliphatic heterocycles. The third-order valence-corrected chi connectivity index (χ3v) is 4.12. The van der Waals surface area contributed by atoms with Crippen molar-refractivity contribution in [1.29, 1.82) is 0 Å². The molecular weight excluding hydrogens is 306 g/mol. The molecule has 4 aromatic rings. The van der Waals surface area contributed by atoms with E-state index in [2.05, 4.69) is 29.8 Å². The van der Waals surface area contributed by atoms with E-state index >= 15 is 0 Å². The van der Waals surface area contributed by atoms with E-state index in [1.165, 1.54) is 0 Å². The Kier molecular flexibility index (Phi) is 3.82. The van der Waals surface area contributed by atoms with Crippen LogP contribution in [0, 0.1) is 6.92 Å². The lowest BCUT2D eigenvalue weighted by molar-refractivity contribution is 1.14. The molecule has 4 rings (SSSR count). The van der Waals surface area contributed by atoms with Gasteiger partial charge in [-0.2, -0.15) is 0 Å². The lowest BCUT2D eigenvalue weighted by atomic mass is 10.0. The van der Waals surface area contributed by atoms with Gasteiger partial charge in [-0.15, -0.1) is 0 Å². The molecule has 25 heavy (non-hydrogen) atoms. The van der Waals surface area contributed by atoms with Gasteiger partial charge in [-0.3, -0.25) is 0 Å². The summed E-state index contributed by atoms with van der Waals surface area (Å²) < 4.78 is 0. The van der Waals surface area contributed by atoms with Crippen molar-refractivity contribution in [3.05, 3.63) is 84.6 Å². The number of hydrogen-bond acceptors (Lipinski definition) is 3. The van der Waals surface area contributed by atoms with E-state index in [1.54, 1.807) is 0 Å². The summed E-state index contributed by atoms with van der Waals surface area (Å²) in [4.78, 5) is 14.1. The second kappa shape index (κ2) is 6.29. The topological polar surface area (TPSA) is 38.7 Å². The number of pyridine rings is 1. The van der Waals surface area contributed by atoms with E-state index in [1.807, 2.05) is 61.5 Å². The maximum Gasteiger partial charge on any atom is 0.179 e. The summed E-state index contributed by atoms with van der Waals surface area (Å²) in [7, 11) is 0. The van der Waals surface area contributed by atoms with Crippen LogP contribution in [0.15, 0.2) is 73.3 Å². The van der Waals surface area contributed by atoms with Gasteiger partial charge in [-0.05, 0) is 36.8 Å². The second-order valence-corrected chi connectivity index (χ2v) is 5.91. The highest BCUT2D eigenvalue weighted by Crippen LogP contribution is 2.29. The maximum absolute atomic E-state index is 4.85. The van der Waals surface area contributed by atoms with Gasteiger partial charge in [0, 0.05) is 16.6 Å². The largest absolute Gasteiger partial charge is 0.250 e. The molecule has 0 spiro atoms. The van der Waals surface area contributed by atoms with Crippen LogP contribution in [0.25, 0.3) is 39.8 Å². The number of rotatable bonds is 3. The predicted octanol–water partition coefficient (Wildman–Crippen LogP) is 5.31. The van der Waals surface area contributed by atoms with Crippen LogP contribution in [0.3, 0.4) is 0 Å². The molecule has 120 valence electrons. The number of para-hydroxylation sites is 1. The van der Waals surface area contributed by atoms with E-state index in [0.717, 1.165) is 39.1 Å². The van der Waals surface area contributed by atoms with Crippen molar-refractivity contribution in [2.24, 2.45) is 0 Å². The summed E-state index contributed by atoms with van der Waals surface area (Å²) in [5.41, 5.74) is 5.67. The SMILES string of the molecule is C=Cc1cccc(-c2nc(-c3cccc(C)n3)nc3ccccc23)c1. The van der Waals surface area contributed by atoms with Crippen molar-refractivity contribution >= 4 is 17.0 Å². The van der Waals surface area contributed by atoms with Crippen molar-refractivity contribution in [3.8, 4) is 22.8 Å². The van der Waals surface area contributed by atoms with Crippen LogP contribution in [-0.2, 0) is 0 Å². The molecule has 0 atom stereocenters. The summed E-state index contributed by atoms with van der Waals surface area (Å²) in [6.45, 7) is 5.83. The van der Waals surface area contributed by atoms with Crippen LogP contribution in [0.5, 0.6) is 0 Å². The van der Waals surface area contributed by atoms with Gasteiger partial charge < -0.3 is 0 Å². The van der Waals surface area contributed by atoms with E-state index in [9.17, 15) is 0 Å². The molecule has 0 aliphatic carbocycles. The van der Waals surface area contributed by atoms with Crippen molar-refractivity contribution in [1.82, 2.24) is 15.0 Å². The Bertz CT molecular complexity index is 1080. The Morgan fingerprint density at radius 3 is 2.52 bits per heavy atom. The highest BCUT2D eigenvalue weighted by molar-refractivity contribution is 5.93. The molecule has 0 N–H and O–H groups in total. The van der Waals surface area contributed by atoms with Crippen LogP contribution in [0.4, 0.5) is 0 Å². The van der Waals surface area contributed by atoms with Crippen LogP contribution >= 0.6 is 0 Å². The summed E-state index contributed by atoms with van der Waals surface area (Å²) in [6, 6.07) is 22.2. The van der Waals surface area contributed by atoms with E-state index in [0.29, 0.717) is 5.82 Å². The van der Waals surface area contributed by atoms with E-state index in [-0.39, 0.29) is 0 Å². The fraction of sp³-hybridized carbons (Fsp3) is 0.0455. The minimum Gasteiger partial charge on any atom is -0.250 e. The standard InChI is InChI=1S/C22H17N3/c1-3-16-9-7-10-17(14-16)21-18-11-4-5-12-19(18)24-22(25-21)20-13-6-8-15(2)23-20/h3-14H,1H2,2H3. The lowest BCUT2D eigenvalue weighted by Crippen LogP contribution is -1.97. The highest BCUT2D eigenvalue weighted by atomic mass is 14.9. The number of aryl methyl sites for hydroxylation is 1. The van der Waals surface area contributed by atoms with Crippen molar-refractivity contribution in [2.75, 3.05) is 0 Å². The zero-order valence-corrected chi connectivity index (χ0v) is 14.0. The van der Waals surface area contributed by atoms with Gasteiger partial charge >= 0.3 is 0 Å². The summed E-state index contributed by atoms with van der Waals surface area (Å²) in [5, 5.41) is 1.03. The average Bonchev–Trinajstić information content (AvgIpc) is 2.67. The molecule has 0 saturated carbocycles. The van der Waals surface area contributed by atoms with Gasteiger partial charge in [0.15, 0.2) is 5.82 Å². The second-order valence-electron chi connectivity index (χ2n) is 5.91. The smallest absolute Gasteiger partial charge is 0.179 e. The first-order chi connectivity index (χ1) is 12.2. The van der Waals surface area contributed by atoms with Gasteiger partial charge in [0.1, 0.15) is 5.69 Å². The normalized spacial score (nSPS) is 10.8. The Labute approximate surface area is 146 Å². The Morgan fingerprint density at radius 1 is 0.840 bits per heavy atom. The molecule has 0 saturated heterocycles. The number of aromatic nitrogens is 3. The molecule has 0 aliphatic rings. The molecule has 3 heteroatoms. The Morgan fingerprint density at radius 2 is 1.68 bits per heavy atom. The molecule has 2 aromatic heterocycles. The van der Waals surface area contributed by atoms with E-state index < -0.39 is 0 Å². The Balaban J connectivity index is 2.00. The first kappa shape index (κ1) is 15.2. The first-order valence-electron chi connectivity index (χ1n) is 8.18. The maximum atomic E-state index is 4.85. The van der Waals surface area contributed by atoms with Crippen LogP contribution in [-0.4, -0.2) is 15.0 Å². The summed E-state index contributed by atoms with van der Waals surface area (Å²) >= 11 is 0. The van der Waals surface area contributed by atoms with Gasteiger partial charge in [0.05, 0.1) is 11.2 Å². The fourth-order valence-corrected chi connectivity index (χ4v) is 2.89. The van der Waals surface area contributed by atoms with Gasteiger partial charge in [-0.25, -0.2) is 15.0 Å². The van der Waals surface area contributed by atoms with Crippen molar-refractivity contribution in [3.63, 3.8) is 0 Å². The molecule has 0 unspecified atom stereocenters. The minimum absolute atomic E-state index is 0.640. The van der Waals surface area contributed by atoms with Crippen molar-refractivity contribution < 1.29 is 0 Å². The predicted molar refractivity (Wildman–Crippen MR) is 103 cm³/mol. The van der Waals surface area contributed by atoms with E-state index in [4.69, 9.17) is 9.97 Å². The number of benzene rings is 2. The summed E-state index contributed by atoms with van der Waals surface area (Å²) in [5.74, 6) is 0.640. The zero-order valence-electron chi connectivity index (χ0n) is 14.0. The number of hydrogen-bond donors (Lipinski definition) is 0. The minimum atomic E-state index is 0.640.